The molecular formula is C23H31N3O2. The number of aromatic nitrogens is 1. The fraction of sp³-hybridized carbons (Fsp3) is 0.565. The highest BCUT2D eigenvalue weighted by Crippen LogP contribution is 2.36. The van der Waals surface area contributed by atoms with E-state index in [1.165, 1.54) is 0 Å². The molecule has 150 valence electrons. The molecule has 5 heteroatoms. The monoisotopic (exact) mass is 381 g/mol. The summed E-state index contributed by atoms with van der Waals surface area (Å²) in [6.07, 6.45) is 5.46. The number of piperidine rings is 1. The number of pyridine rings is 1. The Bertz CT molecular complexity index is 853. The summed E-state index contributed by atoms with van der Waals surface area (Å²) in [6, 6.07) is 10.9. The molecule has 0 N–H and O–H groups in total. The van der Waals surface area contributed by atoms with Crippen molar-refractivity contribution in [2.24, 2.45) is 0 Å². The summed E-state index contributed by atoms with van der Waals surface area (Å²) >= 11 is 0. The third-order valence-corrected chi connectivity index (χ3v) is 6.50. The molecule has 28 heavy (non-hydrogen) atoms. The van der Waals surface area contributed by atoms with Crippen LogP contribution < -0.4 is 4.74 Å². The minimum absolute atomic E-state index is 0.259. The van der Waals surface area contributed by atoms with E-state index in [9.17, 15) is 4.79 Å². The molecule has 0 spiro atoms. The second-order valence-corrected chi connectivity index (χ2v) is 8.70. The number of ether oxygens (including phenoxy) is 1. The Kier molecular flexibility index (Phi) is 5.28. The third-order valence-electron chi connectivity index (χ3n) is 6.50. The molecule has 2 atom stereocenters. The normalized spacial score (nSPS) is 26.1. The lowest BCUT2D eigenvalue weighted by Gasteiger charge is -2.42. The SMILES string of the molecule is CC(C)N1CCC(Oc2ccc3nc(C4(C)CCCCN4C=O)ccc3c2)C1. The van der Waals surface area contributed by atoms with E-state index >= 15 is 0 Å². The van der Waals surface area contributed by atoms with E-state index in [-0.39, 0.29) is 11.6 Å². The lowest BCUT2D eigenvalue weighted by Crippen LogP contribution is -2.46. The van der Waals surface area contributed by atoms with Crippen molar-refractivity contribution in [2.45, 2.75) is 64.1 Å². The van der Waals surface area contributed by atoms with Crippen molar-refractivity contribution in [3.8, 4) is 5.75 Å². The van der Waals surface area contributed by atoms with Crippen LogP contribution in [0.5, 0.6) is 5.75 Å². The largest absolute Gasteiger partial charge is 0.489 e. The minimum atomic E-state index is -0.312. The van der Waals surface area contributed by atoms with Crippen molar-refractivity contribution < 1.29 is 9.53 Å². The first-order chi connectivity index (χ1) is 13.5. The number of benzene rings is 1. The highest BCUT2D eigenvalue weighted by atomic mass is 16.5. The summed E-state index contributed by atoms with van der Waals surface area (Å²) in [6.45, 7) is 9.51. The predicted molar refractivity (Wildman–Crippen MR) is 111 cm³/mol. The van der Waals surface area contributed by atoms with Crippen LogP contribution in [-0.2, 0) is 10.3 Å². The van der Waals surface area contributed by atoms with Gasteiger partial charge in [-0.3, -0.25) is 14.7 Å². The molecule has 3 heterocycles. The zero-order chi connectivity index (χ0) is 19.7. The highest BCUT2D eigenvalue weighted by Gasteiger charge is 2.36. The summed E-state index contributed by atoms with van der Waals surface area (Å²) in [5.41, 5.74) is 1.62. The number of nitrogens with zero attached hydrogens (tertiary/aromatic N) is 3. The molecule has 0 aliphatic carbocycles. The van der Waals surface area contributed by atoms with Gasteiger partial charge in [-0.1, -0.05) is 6.07 Å². The van der Waals surface area contributed by atoms with Crippen LogP contribution in [0.15, 0.2) is 30.3 Å². The fourth-order valence-corrected chi connectivity index (χ4v) is 4.57. The van der Waals surface area contributed by atoms with Gasteiger partial charge < -0.3 is 9.64 Å². The van der Waals surface area contributed by atoms with Gasteiger partial charge in [-0.25, -0.2) is 0 Å². The van der Waals surface area contributed by atoms with E-state index in [1.54, 1.807) is 0 Å². The first kappa shape index (κ1) is 19.2. The van der Waals surface area contributed by atoms with Gasteiger partial charge in [0.1, 0.15) is 11.9 Å². The number of carbonyl (C=O) groups is 1. The summed E-state index contributed by atoms with van der Waals surface area (Å²) < 4.78 is 6.24. The number of rotatable bonds is 5. The quantitative estimate of drug-likeness (QED) is 0.736. The lowest BCUT2D eigenvalue weighted by atomic mass is 9.85. The van der Waals surface area contributed by atoms with Crippen LogP contribution in [0.1, 0.15) is 52.1 Å². The van der Waals surface area contributed by atoms with Gasteiger partial charge in [0, 0.05) is 31.1 Å². The molecule has 2 aromatic rings. The fourth-order valence-electron chi connectivity index (χ4n) is 4.57. The molecule has 2 unspecified atom stereocenters. The molecule has 2 fully saturated rings. The van der Waals surface area contributed by atoms with Crippen LogP contribution in [0.2, 0.25) is 0 Å². The Morgan fingerprint density at radius 3 is 2.82 bits per heavy atom. The van der Waals surface area contributed by atoms with E-state index in [0.717, 1.165) is 74.1 Å². The van der Waals surface area contributed by atoms with Crippen LogP contribution in [0, 0.1) is 0 Å². The molecule has 4 rings (SSSR count). The molecule has 0 bridgehead atoms. The molecule has 1 amide bonds. The van der Waals surface area contributed by atoms with Crippen LogP contribution in [0.4, 0.5) is 0 Å². The zero-order valence-corrected chi connectivity index (χ0v) is 17.2. The van der Waals surface area contributed by atoms with Gasteiger partial charge in [0.15, 0.2) is 0 Å². The van der Waals surface area contributed by atoms with E-state index in [1.807, 2.05) is 17.0 Å². The summed E-state index contributed by atoms with van der Waals surface area (Å²) in [7, 11) is 0. The van der Waals surface area contributed by atoms with E-state index in [4.69, 9.17) is 9.72 Å². The van der Waals surface area contributed by atoms with Crippen molar-refractivity contribution in [3.05, 3.63) is 36.0 Å². The van der Waals surface area contributed by atoms with E-state index in [0.29, 0.717) is 6.04 Å². The second-order valence-electron chi connectivity index (χ2n) is 8.70. The lowest BCUT2D eigenvalue weighted by molar-refractivity contribution is -0.126. The molecule has 5 nitrogen and oxygen atoms in total. The smallest absolute Gasteiger partial charge is 0.210 e. The van der Waals surface area contributed by atoms with Gasteiger partial charge >= 0.3 is 0 Å². The van der Waals surface area contributed by atoms with E-state index < -0.39 is 0 Å². The molecule has 2 saturated heterocycles. The molecular weight excluding hydrogens is 350 g/mol. The number of carbonyl (C=O) groups excluding carboxylic acids is 1. The Balaban J connectivity index is 1.54. The van der Waals surface area contributed by atoms with Crippen molar-refractivity contribution >= 4 is 17.3 Å². The van der Waals surface area contributed by atoms with Gasteiger partial charge in [-0.05, 0) is 70.7 Å². The summed E-state index contributed by atoms with van der Waals surface area (Å²) in [4.78, 5) is 20.8. The number of amides is 1. The van der Waals surface area contributed by atoms with Crippen LogP contribution >= 0.6 is 0 Å². The molecule has 0 saturated carbocycles. The van der Waals surface area contributed by atoms with Gasteiger partial charge in [0.2, 0.25) is 6.41 Å². The maximum absolute atomic E-state index is 11.6. The van der Waals surface area contributed by atoms with Crippen molar-refractivity contribution in [1.29, 1.82) is 0 Å². The number of fused-ring (bicyclic) bond motifs is 1. The Morgan fingerprint density at radius 1 is 1.21 bits per heavy atom. The molecule has 1 aromatic heterocycles. The minimum Gasteiger partial charge on any atom is -0.489 e. The van der Waals surface area contributed by atoms with Gasteiger partial charge in [0.05, 0.1) is 16.7 Å². The summed E-state index contributed by atoms with van der Waals surface area (Å²) in [5, 5.41) is 1.08. The van der Waals surface area contributed by atoms with Crippen LogP contribution in [0.3, 0.4) is 0 Å². The van der Waals surface area contributed by atoms with Gasteiger partial charge in [-0.15, -0.1) is 0 Å². The van der Waals surface area contributed by atoms with Crippen molar-refractivity contribution in [1.82, 2.24) is 14.8 Å². The zero-order valence-electron chi connectivity index (χ0n) is 17.2. The van der Waals surface area contributed by atoms with Crippen molar-refractivity contribution in [3.63, 3.8) is 0 Å². The Labute approximate surface area is 167 Å². The Morgan fingerprint density at radius 2 is 2.07 bits per heavy atom. The predicted octanol–water partition coefficient (Wildman–Crippen LogP) is 3.95. The number of hydrogen-bond donors (Lipinski definition) is 0. The van der Waals surface area contributed by atoms with Gasteiger partial charge in [0.25, 0.3) is 0 Å². The maximum Gasteiger partial charge on any atom is 0.210 e. The Hall–Kier alpha value is -2.14. The van der Waals surface area contributed by atoms with Crippen molar-refractivity contribution in [2.75, 3.05) is 19.6 Å². The van der Waals surface area contributed by atoms with Crippen LogP contribution in [-0.4, -0.2) is 53.0 Å². The second kappa shape index (κ2) is 7.70. The molecule has 2 aliphatic rings. The highest BCUT2D eigenvalue weighted by molar-refractivity contribution is 5.80. The molecule has 2 aliphatic heterocycles. The maximum atomic E-state index is 11.6. The van der Waals surface area contributed by atoms with E-state index in [2.05, 4.69) is 43.9 Å². The standard InChI is InChI=1S/C23H31N3O2/c1-17(2)25-13-10-20(15-25)28-19-7-8-21-18(14-19)6-9-22(24-21)23(3)11-4-5-12-26(23)16-27/h6-9,14,16-17,20H,4-5,10-13,15H2,1-3H3. The molecule has 0 radical (unpaired) electrons. The average molecular weight is 382 g/mol. The average Bonchev–Trinajstić information content (AvgIpc) is 3.17. The first-order valence-electron chi connectivity index (χ1n) is 10.5. The summed E-state index contributed by atoms with van der Waals surface area (Å²) in [5.74, 6) is 0.913. The number of likely N-dealkylation sites (tertiary alicyclic amines) is 2. The topological polar surface area (TPSA) is 45.7 Å². The third kappa shape index (κ3) is 3.60. The van der Waals surface area contributed by atoms with Crippen LogP contribution in [0.25, 0.3) is 10.9 Å². The first-order valence-corrected chi connectivity index (χ1v) is 10.5. The number of hydrogen-bond acceptors (Lipinski definition) is 4. The van der Waals surface area contributed by atoms with Gasteiger partial charge in [-0.2, -0.15) is 0 Å². The molecule has 1 aromatic carbocycles.